The molecule has 0 N–H and O–H groups in total. The second kappa shape index (κ2) is 6.81. The SMILES string of the molecule is CCOC(=O)c1cnn(-c2ccc3c(c2)c(C#N)cn3C(C)CC)c1. The first-order valence-corrected chi connectivity index (χ1v) is 8.35. The van der Waals surface area contributed by atoms with Gasteiger partial charge in [-0.05, 0) is 38.5 Å². The van der Waals surface area contributed by atoms with Gasteiger partial charge in [-0.1, -0.05) is 6.92 Å². The fourth-order valence-electron chi connectivity index (χ4n) is 2.82. The average molecular weight is 336 g/mol. The number of fused-ring (bicyclic) bond motifs is 1. The van der Waals surface area contributed by atoms with Gasteiger partial charge in [0.05, 0.1) is 29.6 Å². The lowest BCUT2D eigenvalue weighted by molar-refractivity contribution is 0.0526. The molecule has 3 rings (SSSR count). The first-order chi connectivity index (χ1) is 12.1. The standard InChI is InChI=1S/C19H20N4O2/c1-4-13(3)22-11-14(9-20)17-8-16(6-7-18(17)22)23-12-15(10-21-23)19(24)25-5-2/h6-8,10-13H,4-5H2,1-3H3. The van der Waals surface area contributed by atoms with Crippen molar-refractivity contribution in [2.75, 3.05) is 6.61 Å². The van der Waals surface area contributed by atoms with Gasteiger partial charge in [-0.15, -0.1) is 0 Å². The number of carbonyl (C=O) groups is 1. The molecule has 25 heavy (non-hydrogen) atoms. The number of nitriles is 1. The van der Waals surface area contributed by atoms with Gasteiger partial charge < -0.3 is 9.30 Å². The molecule has 0 spiro atoms. The normalized spacial score (nSPS) is 12.1. The van der Waals surface area contributed by atoms with Crippen LogP contribution in [0.5, 0.6) is 0 Å². The number of carbonyl (C=O) groups excluding carboxylic acids is 1. The smallest absolute Gasteiger partial charge is 0.341 e. The monoisotopic (exact) mass is 336 g/mol. The number of aromatic nitrogens is 3. The Hall–Kier alpha value is -3.07. The van der Waals surface area contributed by atoms with Gasteiger partial charge in [-0.25, -0.2) is 9.48 Å². The van der Waals surface area contributed by atoms with E-state index in [2.05, 4.69) is 29.6 Å². The van der Waals surface area contributed by atoms with Crippen LogP contribution >= 0.6 is 0 Å². The summed E-state index contributed by atoms with van der Waals surface area (Å²) < 4.78 is 8.74. The largest absolute Gasteiger partial charge is 0.462 e. The van der Waals surface area contributed by atoms with E-state index in [1.54, 1.807) is 17.8 Å². The lowest BCUT2D eigenvalue weighted by atomic mass is 10.1. The van der Waals surface area contributed by atoms with Gasteiger partial charge in [0, 0.05) is 29.3 Å². The van der Waals surface area contributed by atoms with E-state index in [1.165, 1.54) is 6.20 Å². The Morgan fingerprint density at radius 3 is 2.84 bits per heavy atom. The molecule has 128 valence electrons. The number of esters is 1. The Morgan fingerprint density at radius 1 is 1.36 bits per heavy atom. The Kier molecular flexibility index (Phi) is 4.57. The molecule has 0 aliphatic rings. The second-order valence-electron chi connectivity index (χ2n) is 5.91. The number of rotatable bonds is 5. The van der Waals surface area contributed by atoms with Crippen LogP contribution < -0.4 is 0 Å². The molecule has 0 aliphatic heterocycles. The number of nitrogens with zero attached hydrogens (tertiary/aromatic N) is 4. The van der Waals surface area contributed by atoms with E-state index in [1.807, 2.05) is 24.4 Å². The number of hydrogen-bond acceptors (Lipinski definition) is 4. The van der Waals surface area contributed by atoms with Gasteiger partial charge in [-0.3, -0.25) is 0 Å². The van der Waals surface area contributed by atoms with Crippen molar-refractivity contribution in [3.8, 4) is 11.8 Å². The Bertz CT molecular complexity index is 962. The van der Waals surface area contributed by atoms with Crippen molar-refractivity contribution >= 4 is 16.9 Å². The van der Waals surface area contributed by atoms with Crippen molar-refractivity contribution in [2.45, 2.75) is 33.2 Å². The van der Waals surface area contributed by atoms with Gasteiger partial charge in [-0.2, -0.15) is 10.4 Å². The molecule has 3 aromatic rings. The van der Waals surface area contributed by atoms with E-state index >= 15 is 0 Å². The van der Waals surface area contributed by atoms with Crippen LogP contribution in [-0.4, -0.2) is 26.9 Å². The zero-order chi connectivity index (χ0) is 18.0. The zero-order valence-corrected chi connectivity index (χ0v) is 14.6. The molecular formula is C19H20N4O2. The average Bonchev–Trinajstić information content (AvgIpc) is 3.25. The Labute approximate surface area is 146 Å². The highest BCUT2D eigenvalue weighted by molar-refractivity contribution is 5.90. The Morgan fingerprint density at radius 2 is 2.16 bits per heavy atom. The van der Waals surface area contributed by atoms with Crippen LogP contribution in [0.3, 0.4) is 0 Å². The molecular weight excluding hydrogens is 316 g/mol. The van der Waals surface area contributed by atoms with Crippen molar-refractivity contribution in [3.63, 3.8) is 0 Å². The number of benzene rings is 1. The maximum absolute atomic E-state index is 11.8. The molecule has 1 aromatic carbocycles. The molecule has 0 saturated carbocycles. The molecule has 0 fully saturated rings. The predicted molar refractivity (Wildman–Crippen MR) is 94.7 cm³/mol. The van der Waals surface area contributed by atoms with E-state index in [0.29, 0.717) is 23.8 Å². The van der Waals surface area contributed by atoms with Crippen molar-refractivity contribution in [3.05, 3.63) is 47.9 Å². The second-order valence-corrected chi connectivity index (χ2v) is 5.91. The third kappa shape index (κ3) is 3.01. The highest BCUT2D eigenvalue weighted by Crippen LogP contribution is 2.27. The first kappa shape index (κ1) is 16.8. The maximum atomic E-state index is 11.8. The van der Waals surface area contributed by atoms with E-state index in [0.717, 1.165) is 23.0 Å². The van der Waals surface area contributed by atoms with Gasteiger partial charge >= 0.3 is 5.97 Å². The lowest BCUT2D eigenvalue weighted by Gasteiger charge is -2.12. The molecule has 2 heterocycles. The van der Waals surface area contributed by atoms with E-state index in [-0.39, 0.29) is 0 Å². The van der Waals surface area contributed by atoms with Crippen LogP contribution in [-0.2, 0) is 4.74 Å². The summed E-state index contributed by atoms with van der Waals surface area (Å²) in [6.45, 7) is 6.34. The number of ether oxygens (including phenoxy) is 1. The topological polar surface area (TPSA) is 72.8 Å². The van der Waals surface area contributed by atoms with E-state index in [4.69, 9.17) is 4.74 Å². The summed E-state index contributed by atoms with van der Waals surface area (Å²) in [5.74, 6) is -0.393. The number of hydrogen-bond donors (Lipinski definition) is 0. The van der Waals surface area contributed by atoms with Gasteiger partial charge in [0.1, 0.15) is 6.07 Å². The maximum Gasteiger partial charge on any atom is 0.341 e. The van der Waals surface area contributed by atoms with Crippen LogP contribution in [0, 0.1) is 11.3 Å². The van der Waals surface area contributed by atoms with Crippen molar-refractivity contribution in [1.29, 1.82) is 5.26 Å². The third-order valence-corrected chi connectivity index (χ3v) is 4.36. The first-order valence-electron chi connectivity index (χ1n) is 8.35. The van der Waals surface area contributed by atoms with Gasteiger partial charge in [0.15, 0.2) is 0 Å². The fraction of sp³-hybridized carbons (Fsp3) is 0.316. The minimum Gasteiger partial charge on any atom is -0.462 e. The van der Waals surface area contributed by atoms with Crippen LogP contribution in [0.2, 0.25) is 0 Å². The lowest BCUT2D eigenvalue weighted by Crippen LogP contribution is -2.03. The van der Waals surface area contributed by atoms with Crippen LogP contribution in [0.25, 0.3) is 16.6 Å². The molecule has 2 aromatic heterocycles. The van der Waals surface area contributed by atoms with Crippen molar-refractivity contribution in [2.24, 2.45) is 0 Å². The van der Waals surface area contributed by atoms with Gasteiger partial charge in [0.2, 0.25) is 0 Å². The highest BCUT2D eigenvalue weighted by Gasteiger charge is 2.14. The summed E-state index contributed by atoms with van der Waals surface area (Å²) in [6.07, 6.45) is 6.00. The fourth-order valence-corrected chi connectivity index (χ4v) is 2.82. The molecule has 1 atom stereocenters. The van der Waals surface area contributed by atoms with Crippen LogP contribution in [0.1, 0.15) is 49.2 Å². The summed E-state index contributed by atoms with van der Waals surface area (Å²) in [7, 11) is 0. The van der Waals surface area contributed by atoms with Crippen LogP contribution in [0.4, 0.5) is 0 Å². The Balaban J connectivity index is 2.05. The molecule has 0 amide bonds. The van der Waals surface area contributed by atoms with E-state index in [9.17, 15) is 10.1 Å². The molecule has 0 radical (unpaired) electrons. The summed E-state index contributed by atoms with van der Waals surface area (Å²) in [5.41, 5.74) is 2.85. The van der Waals surface area contributed by atoms with Crippen molar-refractivity contribution < 1.29 is 9.53 Å². The summed E-state index contributed by atoms with van der Waals surface area (Å²) in [4.78, 5) is 11.8. The van der Waals surface area contributed by atoms with Crippen molar-refractivity contribution in [1.82, 2.24) is 14.3 Å². The van der Waals surface area contributed by atoms with Gasteiger partial charge in [0.25, 0.3) is 0 Å². The third-order valence-electron chi connectivity index (χ3n) is 4.36. The molecule has 1 unspecified atom stereocenters. The minimum absolute atomic E-state index is 0.315. The summed E-state index contributed by atoms with van der Waals surface area (Å²) in [5, 5.41) is 14.6. The van der Waals surface area contributed by atoms with Crippen LogP contribution in [0.15, 0.2) is 36.8 Å². The summed E-state index contributed by atoms with van der Waals surface area (Å²) >= 11 is 0. The quantitative estimate of drug-likeness (QED) is 0.663. The molecule has 6 nitrogen and oxygen atoms in total. The molecule has 6 heteroatoms. The highest BCUT2D eigenvalue weighted by atomic mass is 16.5. The molecule has 0 bridgehead atoms. The predicted octanol–water partition coefficient (Wildman–Crippen LogP) is 3.85. The minimum atomic E-state index is -0.393. The zero-order valence-electron chi connectivity index (χ0n) is 14.6. The molecule has 0 aliphatic carbocycles. The van der Waals surface area contributed by atoms with E-state index < -0.39 is 5.97 Å². The molecule has 0 saturated heterocycles. The summed E-state index contributed by atoms with van der Waals surface area (Å²) in [6, 6.07) is 8.43.